The molecule has 1 fully saturated rings. The highest BCUT2D eigenvalue weighted by atomic mass is 32.1. The number of esters is 1. The number of halogens is 1. The van der Waals surface area contributed by atoms with E-state index in [1.54, 1.807) is 17.5 Å². The Morgan fingerprint density at radius 1 is 1.39 bits per heavy atom. The fourth-order valence-corrected chi connectivity index (χ4v) is 2.95. The number of hydrogen-bond acceptors (Lipinski definition) is 5. The monoisotopic (exact) mass is 334 g/mol. The summed E-state index contributed by atoms with van der Waals surface area (Å²) in [5, 5.41) is 2.05. The van der Waals surface area contributed by atoms with E-state index < -0.39 is 5.82 Å². The maximum atomic E-state index is 14.0. The normalized spacial score (nSPS) is 13.7. The van der Waals surface area contributed by atoms with Crippen molar-refractivity contribution < 1.29 is 18.7 Å². The first-order chi connectivity index (χ1) is 11.1. The highest BCUT2D eigenvalue weighted by Gasteiger charge is 2.31. The van der Waals surface area contributed by atoms with Crippen molar-refractivity contribution in [2.24, 2.45) is 5.92 Å². The summed E-state index contributed by atoms with van der Waals surface area (Å²) in [5.41, 5.74) is 0.692. The van der Waals surface area contributed by atoms with E-state index in [1.165, 1.54) is 35.3 Å². The molecular weight excluding hydrogens is 319 g/mol. The van der Waals surface area contributed by atoms with Crippen LogP contribution in [-0.4, -0.2) is 16.9 Å². The smallest absolute Gasteiger partial charge is 0.309 e. The molecule has 0 unspecified atom stereocenters. The largest absolute Gasteiger partial charge is 0.459 e. The van der Waals surface area contributed by atoms with Crippen LogP contribution < -0.4 is 4.90 Å². The van der Waals surface area contributed by atoms with Crippen LogP contribution in [0.5, 0.6) is 0 Å². The molecule has 1 heterocycles. The molecule has 1 aliphatic rings. The van der Waals surface area contributed by atoms with Crippen molar-refractivity contribution in [3.8, 4) is 0 Å². The molecule has 0 aliphatic heterocycles. The summed E-state index contributed by atoms with van der Waals surface area (Å²) in [6.45, 7) is 1.41. The van der Waals surface area contributed by atoms with Gasteiger partial charge in [0.25, 0.3) is 0 Å². The molecule has 0 bridgehead atoms. The van der Waals surface area contributed by atoms with Crippen molar-refractivity contribution in [1.29, 1.82) is 0 Å². The van der Waals surface area contributed by atoms with Crippen LogP contribution in [0.1, 0.15) is 25.5 Å². The van der Waals surface area contributed by atoms with E-state index in [9.17, 15) is 14.0 Å². The van der Waals surface area contributed by atoms with Crippen LogP contribution in [0, 0.1) is 11.7 Å². The minimum absolute atomic E-state index is 0.0280. The van der Waals surface area contributed by atoms with E-state index in [0.29, 0.717) is 10.8 Å². The Bertz CT molecular complexity index is 742. The molecule has 1 aromatic heterocycles. The molecule has 1 aliphatic carbocycles. The lowest BCUT2D eigenvalue weighted by molar-refractivity contribution is -0.146. The fourth-order valence-electron chi connectivity index (χ4n) is 2.09. The molecule has 1 aromatic carbocycles. The quantitative estimate of drug-likeness (QED) is 0.786. The van der Waals surface area contributed by atoms with Crippen molar-refractivity contribution in [3.05, 3.63) is 41.2 Å². The van der Waals surface area contributed by atoms with Crippen LogP contribution in [0.15, 0.2) is 29.6 Å². The average molecular weight is 334 g/mol. The molecule has 0 spiro atoms. The van der Waals surface area contributed by atoms with Gasteiger partial charge < -0.3 is 4.74 Å². The van der Waals surface area contributed by atoms with Gasteiger partial charge >= 0.3 is 5.97 Å². The molecule has 5 nitrogen and oxygen atoms in total. The molecular formula is C16H15FN2O3S. The predicted octanol–water partition coefficient (Wildman–Crippen LogP) is 3.42. The van der Waals surface area contributed by atoms with E-state index in [1.807, 2.05) is 0 Å². The Labute approximate surface area is 136 Å². The molecule has 0 saturated heterocycles. The molecule has 3 rings (SSSR count). The van der Waals surface area contributed by atoms with Crippen molar-refractivity contribution >= 4 is 34.0 Å². The Morgan fingerprint density at radius 3 is 2.78 bits per heavy atom. The number of nitrogens with zero attached hydrogens (tertiary/aromatic N) is 2. The molecule has 1 saturated carbocycles. The summed E-state index contributed by atoms with van der Waals surface area (Å²) in [7, 11) is 0. The summed E-state index contributed by atoms with van der Waals surface area (Å²) >= 11 is 1.20. The van der Waals surface area contributed by atoms with E-state index >= 15 is 0 Å². The number of carbonyl (C=O) groups excluding carboxylic acids is 2. The Kier molecular flexibility index (Phi) is 4.38. The second kappa shape index (κ2) is 6.45. The molecule has 120 valence electrons. The first-order valence-electron chi connectivity index (χ1n) is 7.22. The third-order valence-corrected chi connectivity index (χ3v) is 4.29. The molecule has 0 radical (unpaired) electrons. The van der Waals surface area contributed by atoms with Gasteiger partial charge in [-0.1, -0.05) is 12.1 Å². The Morgan fingerprint density at radius 2 is 2.13 bits per heavy atom. The number of anilines is 2. The molecule has 2 aromatic rings. The zero-order chi connectivity index (χ0) is 16.4. The van der Waals surface area contributed by atoms with Gasteiger partial charge in [0.15, 0.2) is 5.13 Å². The third-order valence-electron chi connectivity index (χ3n) is 3.41. The van der Waals surface area contributed by atoms with Crippen LogP contribution >= 0.6 is 11.3 Å². The number of ether oxygens (including phenoxy) is 1. The molecule has 7 heteroatoms. The van der Waals surface area contributed by atoms with E-state index in [4.69, 9.17) is 4.74 Å². The standard InChI is InChI=1S/C16H15FN2O3S/c1-10(20)19(14-5-3-2-4-13(14)17)16-18-12(9-23-16)8-22-15(21)11-6-7-11/h2-5,9,11H,6-8H2,1H3. The Hall–Kier alpha value is -2.28. The van der Waals surface area contributed by atoms with Crippen LogP contribution in [0.3, 0.4) is 0 Å². The van der Waals surface area contributed by atoms with Gasteiger partial charge in [0.05, 0.1) is 17.3 Å². The second-order valence-electron chi connectivity index (χ2n) is 5.31. The average Bonchev–Trinajstić information content (AvgIpc) is 3.27. The number of benzene rings is 1. The number of carbonyl (C=O) groups is 2. The maximum Gasteiger partial charge on any atom is 0.309 e. The van der Waals surface area contributed by atoms with Gasteiger partial charge in [0.1, 0.15) is 12.4 Å². The lowest BCUT2D eigenvalue weighted by Gasteiger charge is -2.18. The van der Waals surface area contributed by atoms with E-state index in [0.717, 1.165) is 12.8 Å². The van der Waals surface area contributed by atoms with Crippen LogP contribution in [0.25, 0.3) is 0 Å². The molecule has 0 atom stereocenters. The number of thiazole rings is 1. The van der Waals surface area contributed by atoms with Gasteiger partial charge in [0.2, 0.25) is 5.91 Å². The molecule has 0 N–H and O–H groups in total. The van der Waals surface area contributed by atoms with Gasteiger partial charge in [-0.3, -0.25) is 14.5 Å². The topological polar surface area (TPSA) is 59.5 Å². The van der Waals surface area contributed by atoms with Crippen molar-refractivity contribution in [1.82, 2.24) is 4.98 Å². The van der Waals surface area contributed by atoms with Crippen LogP contribution in [-0.2, 0) is 20.9 Å². The number of amides is 1. The van der Waals surface area contributed by atoms with Gasteiger partial charge in [-0.15, -0.1) is 11.3 Å². The van der Waals surface area contributed by atoms with Crippen LogP contribution in [0.4, 0.5) is 15.2 Å². The van der Waals surface area contributed by atoms with Gasteiger partial charge in [-0.2, -0.15) is 0 Å². The summed E-state index contributed by atoms with van der Waals surface area (Å²) < 4.78 is 19.1. The zero-order valence-corrected chi connectivity index (χ0v) is 13.3. The van der Waals surface area contributed by atoms with Gasteiger partial charge in [-0.05, 0) is 25.0 Å². The SMILES string of the molecule is CC(=O)N(c1nc(COC(=O)C2CC2)cs1)c1ccccc1F. The zero-order valence-electron chi connectivity index (χ0n) is 12.5. The van der Waals surface area contributed by atoms with Crippen molar-refractivity contribution in [2.45, 2.75) is 26.4 Å². The molecule has 23 heavy (non-hydrogen) atoms. The van der Waals surface area contributed by atoms with Crippen molar-refractivity contribution in [3.63, 3.8) is 0 Å². The van der Waals surface area contributed by atoms with Crippen molar-refractivity contribution in [2.75, 3.05) is 4.90 Å². The number of aromatic nitrogens is 1. The summed E-state index contributed by atoms with van der Waals surface area (Å²) in [6, 6.07) is 6.02. The van der Waals surface area contributed by atoms with E-state index in [2.05, 4.69) is 4.98 Å². The summed E-state index contributed by atoms with van der Waals surface area (Å²) in [6.07, 6.45) is 1.76. The lowest BCUT2D eigenvalue weighted by Crippen LogP contribution is -2.23. The Balaban J connectivity index is 1.77. The van der Waals surface area contributed by atoms with Gasteiger partial charge in [0, 0.05) is 12.3 Å². The lowest BCUT2D eigenvalue weighted by atomic mass is 10.3. The highest BCUT2D eigenvalue weighted by Crippen LogP contribution is 2.32. The predicted molar refractivity (Wildman–Crippen MR) is 83.9 cm³/mol. The summed E-state index contributed by atoms with van der Waals surface area (Å²) in [4.78, 5) is 28.9. The second-order valence-corrected chi connectivity index (χ2v) is 6.15. The number of rotatable bonds is 5. The van der Waals surface area contributed by atoms with E-state index in [-0.39, 0.29) is 30.1 Å². The minimum atomic E-state index is -0.500. The van der Waals surface area contributed by atoms with Gasteiger partial charge in [-0.25, -0.2) is 9.37 Å². The maximum absolute atomic E-state index is 14.0. The molecule has 1 amide bonds. The first-order valence-corrected chi connectivity index (χ1v) is 8.10. The number of para-hydroxylation sites is 1. The number of hydrogen-bond donors (Lipinski definition) is 0. The minimum Gasteiger partial charge on any atom is -0.459 e. The third kappa shape index (κ3) is 3.56. The first kappa shape index (κ1) is 15.6. The van der Waals surface area contributed by atoms with Crippen LogP contribution in [0.2, 0.25) is 0 Å². The highest BCUT2D eigenvalue weighted by molar-refractivity contribution is 7.14. The fraction of sp³-hybridized carbons (Fsp3) is 0.312. The summed E-state index contributed by atoms with van der Waals surface area (Å²) in [5.74, 6) is -1.03.